The molecule has 4 heteroatoms. The molecule has 0 saturated heterocycles. The first-order valence-electron chi connectivity index (χ1n) is 5.40. The molecule has 0 saturated carbocycles. The Morgan fingerprint density at radius 1 is 1.00 bits per heavy atom. The van der Waals surface area contributed by atoms with Crippen molar-refractivity contribution in [3.05, 3.63) is 0 Å². The maximum Gasteiger partial charge on any atom is 0.171 e. The van der Waals surface area contributed by atoms with Crippen LogP contribution in [0.25, 0.3) is 0 Å². The van der Waals surface area contributed by atoms with Crippen molar-refractivity contribution in [3.8, 4) is 0 Å². The van der Waals surface area contributed by atoms with Gasteiger partial charge in [0.15, 0.2) is 5.78 Å². The van der Waals surface area contributed by atoms with Crippen LogP contribution in [0.2, 0.25) is 0 Å². The number of hydrogen-bond acceptors (Lipinski definition) is 3. The minimum absolute atomic E-state index is 0. The molecule has 0 aromatic carbocycles. The van der Waals surface area contributed by atoms with E-state index in [1.54, 1.807) is 13.8 Å². The molecule has 92 valence electrons. The second kappa shape index (κ2) is 6.46. The lowest BCUT2D eigenvalue weighted by molar-refractivity contribution is -0.129. The average Bonchev–Trinajstić information content (AvgIpc) is 2.02. The smallest absolute Gasteiger partial charge is 0.171 e. The largest absolute Gasteiger partial charge is 0.319 e. The molecule has 0 aliphatic rings. The summed E-state index contributed by atoms with van der Waals surface area (Å²) in [5.41, 5.74) is 10.4. The lowest BCUT2D eigenvalue weighted by atomic mass is 9.79. The van der Waals surface area contributed by atoms with Crippen LogP contribution in [-0.4, -0.2) is 16.9 Å². The fourth-order valence-corrected chi connectivity index (χ4v) is 1.92. The Kier molecular flexibility index (Phi) is 7.44. The van der Waals surface area contributed by atoms with Crippen molar-refractivity contribution in [3.63, 3.8) is 0 Å². The number of Topliss-reactive ketones (excluding diaryl/α,β-unsaturated/α-hetero) is 1. The van der Waals surface area contributed by atoms with Gasteiger partial charge in [0.1, 0.15) is 0 Å². The van der Waals surface area contributed by atoms with Gasteiger partial charge in [0, 0.05) is 0 Å². The van der Waals surface area contributed by atoms with Gasteiger partial charge in [0.05, 0.1) is 11.1 Å². The van der Waals surface area contributed by atoms with Crippen LogP contribution in [0.5, 0.6) is 0 Å². The predicted octanol–water partition coefficient (Wildman–Crippen LogP) is 2.01. The molecule has 2 unspecified atom stereocenters. The SMILES string of the molecule is CCCC(C)(N)C(=O)C(C)(N)CCC.Cl. The topological polar surface area (TPSA) is 69.1 Å². The number of hydrogen-bond donors (Lipinski definition) is 2. The highest BCUT2D eigenvalue weighted by Gasteiger charge is 2.38. The zero-order valence-electron chi connectivity index (χ0n) is 10.3. The highest BCUT2D eigenvalue weighted by atomic mass is 35.5. The zero-order chi connectivity index (χ0) is 11.4. The molecule has 0 aliphatic carbocycles. The summed E-state index contributed by atoms with van der Waals surface area (Å²) in [7, 11) is 0. The van der Waals surface area contributed by atoms with E-state index in [9.17, 15) is 4.79 Å². The van der Waals surface area contributed by atoms with Crippen LogP contribution in [0.1, 0.15) is 53.4 Å². The number of carbonyl (C=O) groups is 1. The summed E-state index contributed by atoms with van der Waals surface area (Å²) in [6.07, 6.45) is 3.20. The monoisotopic (exact) mass is 236 g/mol. The van der Waals surface area contributed by atoms with E-state index in [1.807, 2.05) is 13.8 Å². The van der Waals surface area contributed by atoms with Crippen LogP contribution in [0.15, 0.2) is 0 Å². The third-order valence-electron chi connectivity index (χ3n) is 2.58. The molecule has 0 rings (SSSR count). The minimum Gasteiger partial charge on any atom is -0.319 e. The number of ketones is 1. The van der Waals surface area contributed by atoms with Crippen LogP contribution in [0.3, 0.4) is 0 Å². The summed E-state index contributed by atoms with van der Waals surface area (Å²) < 4.78 is 0. The molecule has 0 aliphatic heterocycles. The highest BCUT2D eigenvalue weighted by molar-refractivity contribution is 5.95. The van der Waals surface area contributed by atoms with Gasteiger partial charge in [0.25, 0.3) is 0 Å². The van der Waals surface area contributed by atoms with Crippen LogP contribution < -0.4 is 11.5 Å². The zero-order valence-corrected chi connectivity index (χ0v) is 11.1. The van der Waals surface area contributed by atoms with Crippen molar-refractivity contribution in [1.29, 1.82) is 0 Å². The molecule has 0 amide bonds. The summed E-state index contributed by atoms with van der Waals surface area (Å²) in [6, 6.07) is 0. The second-order valence-corrected chi connectivity index (χ2v) is 4.66. The van der Waals surface area contributed by atoms with Crippen molar-refractivity contribution >= 4 is 18.2 Å². The third-order valence-corrected chi connectivity index (χ3v) is 2.58. The van der Waals surface area contributed by atoms with Gasteiger partial charge in [-0.25, -0.2) is 0 Å². The Morgan fingerprint density at radius 2 is 1.27 bits per heavy atom. The van der Waals surface area contributed by atoms with Crippen molar-refractivity contribution in [2.45, 2.75) is 64.5 Å². The van der Waals surface area contributed by atoms with Gasteiger partial charge in [-0.15, -0.1) is 12.4 Å². The molecular weight excluding hydrogens is 212 g/mol. The molecule has 0 radical (unpaired) electrons. The van der Waals surface area contributed by atoms with Gasteiger partial charge in [-0.1, -0.05) is 26.7 Å². The van der Waals surface area contributed by atoms with E-state index < -0.39 is 11.1 Å². The van der Waals surface area contributed by atoms with E-state index in [1.165, 1.54) is 0 Å². The molecule has 0 heterocycles. The van der Waals surface area contributed by atoms with E-state index in [0.717, 1.165) is 12.8 Å². The Bertz CT molecular complexity index is 183. The van der Waals surface area contributed by atoms with E-state index in [0.29, 0.717) is 12.8 Å². The molecule has 15 heavy (non-hydrogen) atoms. The number of halogens is 1. The lowest BCUT2D eigenvalue weighted by Crippen LogP contribution is -2.59. The van der Waals surface area contributed by atoms with E-state index in [4.69, 9.17) is 11.5 Å². The molecule has 2 atom stereocenters. The maximum atomic E-state index is 12.0. The lowest BCUT2D eigenvalue weighted by Gasteiger charge is -2.32. The van der Waals surface area contributed by atoms with Crippen molar-refractivity contribution < 1.29 is 4.79 Å². The first kappa shape index (κ1) is 17.3. The normalized spacial score (nSPS) is 18.5. The molecule has 0 aromatic rings. The fraction of sp³-hybridized carbons (Fsp3) is 0.909. The number of nitrogens with two attached hydrogens (primary N) is 2. The fourth-order valence-electron chi connectivity index (χ4n) is 1.92. The van der Waals surface area contributed by atoms with E-state index in [-0.39, 0.29) is 18.2 Å². The first-order chi connectivity index (χ1) is 6.28. The third kappa shape index (κ3) is 4.96. The van der Waals surface area contributed by atoms with Crippen molar-refractivity contribution in [1.82, 2.24) is 0 Å². The van der Waals surface area contributed by atoms with E-state index >= 15 is 0 Å². The quantitative estimate of drug-likeness (QED) is 0.741. The predicted molar refractivity (Wildman–Crippen MR) is 67.3 cm³/mol. The van der Waals surface area contributed by atoms with Crippen LogP contribution in [-0.2, 0) is 4.79 Å². The molecular formula is C11H25ClN2O. The first-order valence-corrected chi connectivity index (χ1v) is 5.40. The summed E-state index contributed by atoms with van der Waals surface area (Å²) in [6.45, 7) is 7.59. The van der Waals surface area contributed by atoms with Gasteiger partial charge in [-0.3, -0.25) is 4.79 Å². The Morgan fingerprint density at radius 3 is 1.47 bits per heavy atom. The molecule has 0 aromatic heterocycles. The minimum atomic E-state index is -0.770. The summed E-state index contributed by atoms with van der Waals surface area (Å²) in [5, 5.41) is 0. The molecule has 0 spiro atoms. The second-order valence-electron chi connectivity index (χ2n) is 4.66. The van der Waals surface area contributed by atoms with Gasteiger partial charge in [-0.05, 0) is 26.7 Å². The van der Waals surface area contributed by atoms with Gasteiger partial charge in [0.2, 0.25) is 0 Å². The van der Waals surface area contributed by atoms with Crippen molar-refractivity contribution in [2.75, 3.05) is 0 Å². The van der Waals surface area contributed by atoms with Gasteiger partial charge in [-0.2, -0.15) is 0 Å². The van der Waals surface area contributed by atoms with Crippen LogP contribution >= 0.6 is 12.4 Å². The Labute approximate surface area is 99.4 Å². The summed E-state index contributed by atoms with van der Waals surface area (Å²) in [4.78, 5) is 12.0. The highest BCUT2D eigenvalue weighted by Crippen LogP contribution is 2.20. The van der Waals surface area contributed by atoms with Crippen LogP contribution in [0.4, 0.5) is 0 Å². The van der Waals surface area contributed by atoms with Gasteiger partial charge < -0.3 is 11.5 Å². The maximum absolute atomic E-state index is 12.0. The van der Waals surface area contributed by atoms with Crippen LogP contribution in [0, 0.1) is 0 Å². The standard InChI is InChI=1S/C11H24N2O.ClH/c1-5-7-10(3,12)9(14)11(4,13)8-6-2;/h5-8,12-13H2,1-4H3;1H. The number of rotatable bonds is 6. The van der Waals surface area contributed by atoms with E-state index in [2.05, 4.69) is 0 Å². The summed E-state index contributed by atoms with van der Waals surface area (Å²) >= 11 is 0. The van der Waals surface area contributed by atoms with Crippen molar-refractivity contribution in [2.24, 2.45) is 11.5 Å². The molecule has 4 N–H and O–H groups in total. The summed E-state index contributed by atoms with van der Waals surface area (Å²) in [5.74, 6) is -0.0197. The number of carbonyl (C=O) groups excluding carboxylic acids is 1. The Hall–Kier alpha value is -0.120. The molecule has 0 bridgehead atoms. The average molecular weight is 237 g/mol. The molecule has 3 nitrogen and oxygen atoms in total. The van der Waals surface area contributed by atoms with Gasteiger partial charge >= 0.3 is 0 Å². The molecule has 0 fully saturated rings. The Balaban J connectivity index is 0.